The van der Waals surface area contributed by atoms with Crippen molar-refractivity contribution < 1.29 is 46.9 Å². The summed E-state index contributed by atoms with van der Waals surface area (Å²) in [5.41, 5.74) is 28.3. The molecular formula is C86H81F3N12O7. The number of hydrogen-bond donors (Lipinski definition) is 4. The molecule has 0 fully saturated rings. The molecule has 0 bridgehead atoms. The number of nitrogens with two attached hydrogens (primary N) is 3. The summed E-state index contributed by atoms with van der Waals surface area (Å²) in [7, 11) is 0. The minimum absolute atomic E-state index is 0.0183. The maximum Gasteiger partial charge on any atom is 0.205 e. The largest absolute Gasteiger partial charge is 0.444 e. The number of allylic oxidation sites excluding steroid dienone is 9. The van der Waals surface area contributed by atoms with Crippen molar-refractivity contribution in [2.45, 2.75) is 126 Å². The van der Waals surface area contributed by atoms with Gasteiger partial charge in [0, 0.05) is 114 Å². The average Bonchev–Trinajstić information content (AvgIpc) is 1.36. The van der Waals surface area contributed by atoms with E-state index in [0.717, 1.165) is 17.1 Å². The van der Waals surface area contributed by atoms with Crippen molar-refractivity contribution in [2.75, 3.05) is 6.61 Å². The van der Waals surface area contributed by atoms with Crippen LogP contribution in [0.3, 0.4) is 0 Å². The van der Waals surface area contributed by atoms with Gasteiger partial charge in [-0.1, -0.05) is 133 Å². The molecule has 22 heteroatoms. The lowest BCUT2D eigenvalue weighted by Gasteiger charge is -2.37. The topological polar surface area (TPSA) is 302 Å². The van der Waals surface area contributed by atoms with Gasteiger partial charge in [-0.05, 0) is 115 Å². The third kappa shape index (κ3) is 15.0. The fourth-order valence-corrected chi connectivity index (χ4v) is 14.6. The number of nitrogens with zero attached hydrogens (tertiary/aromatic N) is 9. The lowest BCUT2D eigenvalue weighted by molar-refractivity contribution is -0.119. The van der Waals surface area contributed by atoms with Crippen LogP contribution in [0, 0.1) is 88.5 Å². The summed E-state index contributed by atoms with van der Waals surface area (Å²) < 4.78 is 66.3. The molecule has 548 valence electrons. The highest BCUT2D eigenvalue weighted by molar-refractivity contribution is 6.02. The Kier molecular flexibility index (Phi) is 20.9. The van der Waals surface area contributed by atoms with Gasteiger partial charge in [-0.2, -0.15) is 31.1 Å². The highest BCUT2D eigenvalue weighted by atomic mass is 19.1. The van der Waals surface area contributed by atoms with Crippen LogP contribution in [0.4, 0.5) is 13.2 Å². The van der Waals surface area contributed by atoms with Crippen molar-refractivity contribution in [3.05, 3.63) is 283 Å². The second kappa shape index (κ2) is 30.1. The molecular weight excluding hydrogens is 1370 g/mol. The molecule has 6 heterocycles. The SMILES string of the molecule is CCO.Cc1ccc(-c2nn(-c3ccccc3)cc2C2C(C#N)=C(N)OC3=C2C(=O)CC(C)(C)C3)cc1F.Cc1ccc(-c2nn(-c3ccccc3)cc2C2C(C#N)=C(N)OC3=C2C(=O)CC(C)(C)C3)cc1F.Cc1ccc(-c2nn(-c3ccccc3)cc2C2C(C#N)=C(N)OC3=C2C(=O)CC(C)(C)C3)cc1F. The molecule has 0 radical (unpaired) electrons. The molecule has 19 nitrogen and oxygen atoms in total. The molecule has 7 N–H and O–H groups in total. The first-order chi connectivity index (χ1) is 51.5. The Morgan fingerprint density at radius 2 is 0.676 bits per heavy atom. The van der Waals surface area contributed by atoms with Crippen LogP contribution in [0.2, 0.25) is 0 Å². The van der Waals surface area contributed by atoms with Gasteiger partial charge in [0.1, 0.15) is 69.7 Å². The van der Waals surface area contributed by atoms with E-state index in [-0.39, 0.29) is 92.0 Å². The van der Waals surface area contributed by atoms with E-state index in [0.29, 0.717) is 140 Å². The van der Waals surface area contributed by atoms with Gasteiger partial charge in [-0.3, -0.25) is 14.4 Å². The van der Waals surface area contributed by atoms with Crippen LogP contribution in [-0.4, -0.2) is 58.4 Å². The summed E-state index contributed by atoms with van der Waals surface area (Å²) in [5, 5.41) is 52.1. The second-order valence-electron chi connectivity index (χ2n) is 30.0. The third-order valence-electron chi connectivity index (χ3n) is 19.8. The number of para-hydroxylation sites is 3. The maximum atomic E-state index is 14.6. The first-order valence-corrected chi connectivity index (χ1v) is 35.3. The molecule has 3 aliphatic heterocycles. The molecule has 6 aliphatic rings. The van der Waals surface area contributed by atoms with Gasteiger partial charge in [0.25, 0.3) is 0 Å². The number of ether oxygens (including phenoxy) is 3. The molecule has 3 aliphatic carbocycles. The second-order valence-corrected chi connectivity index (χ2v) is 30.0. The molecule has 15 rings (SSSR count). The Morgan fingerprint density at radius 3 is 0.898 bits per heavy atom. The van der Waals surface area contributed by atoms with Gasteiger partial charge in [-0.15, -0.1) is 0 Å². The van der Waals surface area contributed by atoms with Gasteiger partial charge in [0.2, 0.25) is 17.6 Å². The first-order valence-electron chi connectivity index (χ1n) is 35.3. The van der Waals surface area contributed by atoms with Crippen molar-refractivity contribution in [1.82, 2.24) is 29.3 Å². The van der Waals surface area contributed by atoms with E-state index in [2.05, 4.69) is 18.2 Å². The molecule has 3 aromatic heterocycles. The standard InChI is InChI=1S/3C28H25FN4O2.C2H6O/c3*1-16-9-10-17(11-21(16)29)26-20(15-33(32-26)18-7-5-4-6-8-18)24-19(14-30)27(31)35-23-13-28(2,3)12-22(34)25(23)24;1-2-3/h3*4-11,15,24H,12-13,31H2,1-3H3;3H,2H2,1H3. The van der Waals surface area contributed by atoms with Crippen LogP contribution < -0.4 is 17.2 Å². The van der Waals surface area contributed by atoms with Crippen molar-refractivity contribution in [3.8, 4) is 69.0 Å². The zero-order valence-electron chi connectivity index (χ0n) is 61.6. The van der Waals surface area contributed by atoms with Gasteiger partial charge < -0.3 is 36.5 Å². The molecule has 108 heavy (non-hydrogen) atoms. The Bertz CT molecular complexity index is 4930. The van der Waals surface area contributed by atoms with E-state index >= 15 is 0 Å². The fraction of sp³-hybridized carbons (Fsp3) is 0.267. The van der Waals surface area contributed by atoms with E-state index in [1.54, 1.807) is 96.7 Å². The molecule has 0 amide bonds. The molecule has 9 aromatic rings. The summed E-state index contributed by atoms with van der Waals surface area (Å²) in [6, 6.07) is 49.6. The lowest BCUT2D eigenvalue weighted by atomic mass is 9.70. The molecule has 0 saturated heterocycles. The summed E-state index contributed by atoms with van der Waals surface area (Å²) in [6.07, 6.45) is 7.91. The summed E-state index contributed by atoms with van der Waals surface area (Å²) in [5.74, 6) is -2.22. The van der Waals surface area contributed by atoms with Crippen LogP contribution in [0.1, 0.15) is 138 Å². The smallest absolute Gasteiger partial charge is 0.205 e. The number of aliphatic hydroxyl groups is 1. The van der Waals surface area contributed by atoms with Gasteiger partial charge in [0.05, 0.1) is 51.9 Å². The highest BCUT2D eigenvalue weighted by Crippen LogP contribution is 2.54. The molecule has 0 spiro atoms. The first kappa shape index (κ1) is 75.1. The number of carbonyl (C=O) groups is 3. The van der Waals surface area contributed by atoms with Crippen LogP contribution in [0.15, 0.2) is 233 Å². The number of aliphatic hydroxyl groups excluding tert-OH is 1. The van der Waals surface area contributed by atoms with Gasteiger partial charge in [0.15, 0.2) is 17.3 Å². The third-order valence-corrected chi connectivity index (χ3v) is 19.8. The van der Waals surface area contributed by atoms with Crippen LogP contribution in [0.25, 0.3) is 50.8 Å². The molecule has 3 unspecified atom stereocenters. The molecule has 3 atom stereocenters. The highest BCUT2D eigenvalue weighted by Gasteiger charge is 2.48. The number of aryl methyl sites for hydroxylation is 3. The van der Waals surface area contributed by atoms with E-state index in [1.165, 1.54) is 18.2 Å². The number of benzene rings is 6. The zero-order chi connectivity index (χ0) is 77.4. The zero-order valence-corrected chi connectivity index (χ0v) is 61.6. The van der Waals surface area contributed by atoms with E-state index in [1.807, 2.05) is 133 Å². The number of halogens is 3. The molecule has 6 aromatic carbocycles. The number of aromatic nitrogens is 6. The van der Waals surface area contributed by atoms with Gasteiger partial charge in [-0.25, -0.2) is 27.2 Å². The van der Waals surface area contributed by atoms with E-state index < -0.39 is 17.8 Å². The Hall–Kier alpha value is -12.6. The minimum atomic E-state index is -0.760. The number of ketones is 3. The quantitative estimate of drug-likeness (QED) is 0.104. The number of Topliss-reactive ketones (excluding diaryl/α,β-unsaturated/α-hetero) is 3. The number of rotatable bonds is 9. The van der Waals surface area contributed by atoms with Crippen LogP contribution in [-0.2, 0) is 28.6 Å². The van der Waals surface area contributed by atoms with Crippen molar-refractivity contribution in [1.29, 1.82) is 15.8 Å². The maximum absolute atomic E-state index is 14.6. The van der Waals surface area contributed by atoms with Crippen LogP contribution >= 0.6 is 0 Å². The Balaban J connectivity index is 0.000000148. The van der Waals surface area contributed by atoms with Crippen LogP contribution in [0.5, 0.6) is 0 Å². The lowest BCUT2D eigenvalue weighted by Crippen LogP contribution is -2.33. The number of nitriles is 3. The predicted octanol–water partition coefficient (Wildman–Crippen LogP) is 16.3. The van der Waals surface area contributed by atoms with Crippen molar-refractivity contribution in [2.24, 2.45) is 33.4 Å². The van der Waals surface area contributed by atoms with E-state index in [9.17, 15) is 43.3 Å². The number of hydrogen-bond acceptors (Lipinski definition) is 16. The predicted molar refractivity (Wildman–Crippen MR) is 401 cm³/mol. The normalized spacial score (nSPS) is 18.9. The van der Waals surface area contributed by atoms with Crippen molar-refractivity contribution >= 4 is 17.3 Å². The molecule has 0 saturated carbocycles. The monoisotopic (exact) mass is 1450 g/mol. The Labute approximate surface area is 624 Å². The summed E-state index contributed by atoms with van der Waals surface area (Å²) in [6.45, 7) is 19.0. The van der Waals surface area contributed by atoms with Crippen molar-refractivity contribution in [3.63, 3.8) is 0 Å². The average molecular weight is 1450 g/mol. The van der Waals surface area contributed by atoms with E-state index in [4.69, 9.17) is 51.8 Å². The summed E-state index contributed by atoms with van der Waals surface area (Å²) >= 11 is 0. The minimum Gasteiger partial charge on any atom is -0.444 e. The number of carbonyl (C=O) groups excluding carboxylic acids is 3. The fourth-order valence-electron chi connectivity index (χ4n) is 14.6. The Morgan fingerprint density at radius 1 is 0.435 bits per heavy atom. The summed E-state index contributed by atoms with van der Waals surface area (Å²) in [4.78, 5) is 40.3. The van der Waals surface area contributed by atoms with Gasteiger partial charge >= 0.3 is 0 Å².